The Kier molecular flexibility index (Phi) is 10.4. The van der Waals surface area contributed by atoms with Crippen molar-refractivity contribution in [3.05, 3.63) is 119 Å². The molecule has 0 N–H and O–H groups in total. The van der Waals surface area contributed by atoms with Crippen LogP contribution in [0.5, 0.6) is 23.0 Å². The van der Waals surface area contributed by atoms with E-state index in [2.05, 4.69) is 34.4 Å². The predicted molar refractivity (Wildman–Crippen MR) is 155 cm³/mol. The van der Waals surface area contributed by atoms with Gasteiger partial charge in [-0.15, -0.1) is 0 Å². The highest BCUT2D eigenvalue weighted by molar-refractivity contribution is 5.30. The van der Waals surface area contributed by atoms with Crippen molar-refractivity contribution in [3.63, 3.8) is 0 Å². The van der Waals surface area contributed by atoms with Crippen LogP contribution < -0.4 is 18.9 Å². The lowest BCUT2D eigenvalue weighted by Gasteiger charge is -2.32. The van der Waals surface area contributed by atoms with E-state index in [0.717, 1.165) is 45.3 Å². The Morgan fingerprint density at radius 1 is 0.450 bits per heavy atom. The second kappa shape index (κ2) is 14.6. The van der Waals surface area contributed by atoms with Crippen molar-refractivity contribution in [3.8, 4) is 23.0 Å². The van der Waals surface area contributed by atoms with E-state index >= 15 is 0 Å². The molecule has 0 atom stereocenters. The molecular weight excluding hydrogens is 504 g/mol. The number of hydrazine groups is 1. The molecule has 40 heavy (non-hydrogen) atoms. The second-order valence-corrected chi connectivity index (χ2v) is 9.13. The molecule has 0 aliphatic carbocycles. The Balaban J connectivity index is 1.63. The third-order valence-electron chi connectivity index (χ3n) is 6.44. The zero-order chi connectivity index (χ0) is 28.2. The quantitative estimate of drug-likeness (QED) is 0.131. The molecule has 0 saturated carbocycles. The fourth-order valence-electron chi connectivity index (χ4n) is 4.10. The molecule has 4 aromatic rings. The van der Waals surface area contributed by atoms with Gasteiger partial charge in [0.2, 0.25) is 0 Å². The molecule has 4 aromatic carbocycles. The van der Waals surface area contributed by atoms with E-state index in [-0.39, 0.29) is 0 Å². The van der Waals surface area contributed by atoms with Gasteiger partial charge in [0.05, 0.1) is 41.5 Å². The van der Waals surface area contributed by atoms with Gasteiger partial charge < -0.3 is 18.9 Å². The summed E-state index contributed by atoms with van der Waals surface area (Å²) >= 11 is 0. The molecular formula is C32H36N4O4. The number of methoxy groups -OCH3 is 4. The van der Waals surface area contributed by atoms with Gasteiger partial charge >= 0.3 is 0 Å². The molecule has 8 heteroatoms. The maximum Gasteiger partial charge on any atom is 0.118 e. The highest BCUT2D eigenvalue weighted by atomic mass is 16.5. The lowest BCUT2D eigenvalue weighted by molar-refractivity contribution is -0.0564. The Morgan fingerprint density at radius 2 is 0.775 bits per heavy atom. The van der Waals surface area contributed by atoms with Gasteiger partial charge in [0.1, 0.15) is 23.0 Å². The molecule has 0 aliphatic heterocycles. The SMILES string of the molecule is COc1ccc(CN=NN(Cc2ccc(OC)cc2)N(Cc2ccc(OC)cc2)Cc2ccc(OC)cc2)cc1. The summed E-state index contributed by atoms with van der Waals surface area (Å²) in [4.78, 5) is 0. The van der Waals surface area contributed by atoms with Crippen LogP contribution in [0.4, 0.5) is 0 Å². The lowest BCUT2D eigenvalue weighted by Crippen LogP contribution is -2.37. The zero-order valence-corrected chi connectivity index (χ0v) is 23.5. The summed E-state index contributed by atoms with van der Waals surface area (Å²) in [7, 11) is 6.67. The minimum absolute atomic E-state index is 0.446. The maximum absolute atomic E-state index is 5.36. The molecule has 0 unspecified atom stereocenters. The Labute approximate surface area is 236 Å². The Hall–Kier alpha value is -4.56. The van der Waals surface area contributed by atoms with Crippen molar-refractivity contribution in [2.45, 2.75) is 26.2 Å². The summed E-state index contributed by atoms with van der Waals surface area (Å²) in [5.74, 6) is 3.26. The number of nitrogens with zero attached hydrogens (tertiary/aromatic N) is 4. The van der Waals surface area contributed by atoms with Gasteiger partial charge in [0.15, 0.2) is 0 Å². The molecule has 0 spiro atoms. The van der Waals surface area contributed by atoms with Gasteiger partial charge in [0, 0.05) is 13.1 Å². The average molecular weight is 541 g/mol. The van der Waals surface area contributed by atoms with Crippen LogP contribution in [0.15, 0.2) is 107 Å². The van der Waals surface area contributed by atoms with E-state index in [1.807, 2.05) is 77.9 Å². The van der Waals surface area contributed by atoms with E-state index in [0.29, 0.717) is 26.2 Å². The molecule has 0 heterocycles. The third kappa shape index (κ3) is 8.22. The summed E-state index contributed by atoms with van der Waals surface area (Å²) in [6, 6.07) is 32.0. The van der Waals surface area contributed by atoms with Gasteiger partial charge in [-0.1, -0.05) is 53.8 Å². The van der Waals surface area contributed by atoms with Crippen molar-refractivity contribution >= 4 is 0 Å². The van der Waals surface area contributed by atoms with Crippen molar-refractivity contribution in [2.75, 3.05) is 28.4 Å². The summed E-state index contributed by atoms with van der Waals surface area (Å²) < 4.78 is 21.3. The standard InChI is InChI=1S/C32H36N4O4/c1-37-29-13-5-25(6-14-29)21-33-34-36(24-28-11-19-32(40-4)20-12-28)35(22-26-7-15-30(38-2)16-8-26)23-27-9-17-31(39-3)18-10-27/h5-20H,21-24H2,1-4H3. The first-order valence-corrected chi connectivity index (χ1v) is 13.0. The number of rotatable bonds is 14. The molecule has 4 rings (SSSR count). The van der Waals surface area contributed by atoms with E-state index in [9.17, 15) is 0 Å². The van der Waals surface area contributed by atoms with E-state index < -0.39 is 0 Å². The first-order chi connectivity index (χ1) is 19.6. The highest BCUT2D eigenvalue weighted by Gasteiger charge is 2.17. The van der Waals surface area contributed by atoms with Crippen LogP contribution in [0.1, 0.15) is 22.3 Å². The summed E-state index contributed by atoms with van der Waals surface area (Å²) in [5.41, 5.74) is 4.38. The molecule has 0 aromatic heterocycles. The molecule has 0 amide bonds. The largest absolute Gasteiger partial charge is 0.497 e. The first-order valence-electron chi connectivity index (χ1n) is 13.0. The average Bonchev–Trinajstić information content (AvgIpc) is 3.01. The minimum atomic E-state index is 0.446. The normalized spacial score (nSPS) is 11.0. The smallest absolute Gasteiger partial charge is 0.118 e. The van der Waals surface area contributed by atoms with E-state index in [1.165, 1.54) is 0 Å². The molecule has 0 bridgehead atoms. The predicted octanol–water partition coefficient (Wildman–Crippen LogP) is 6.71. The number of benzene rings is 4. The molecule has 0 saturated heterocycles. The van der Waals surface area contributed by atoms with Crippen LogP contribution in [0.2, 0.25) is 0 Å². The third-order valence-corrected chi connectivity index (χ3v) is 6.44. The molecule has 0 fully saturated rings. The van der Waals surface area contributed by atoms with Crippen LogP contribution >= 0.6 is 0 Å². The van der Waals surface area contributed by atoms with Crippen molar-refractivity contribution in [1.82, 2.24) is 10.1 Å². The lowest BCUT2D eigenvalue weighted by atomic mass is 10.1. The highest BCUT2D eigenvalue weighted by Crippen LogP contribution is 2.22. The number of hydrogen-bond acceptors (Lipinski definition) is 7. The first kappa shape index (κ1) is 28.4. The summed E-state index contributed by atoms with van der Waals surface area (Å²) in [6.07, 6.45) is 0. The Morgan fingerprint density at radius 3 is 1.12 bits per heavy atom. The van der Waals surface area contributed by atoms with Crippen LogP contribution in [-0.2, 0) is 26.2 Å². The van der Waals surface area contributed by atoms with Gasteiger partial charge in [-0.3, -0.25) is 0 Å². The fraction of sp³-hybridized carbons (Fsp3) is 0.250. The monoisotopic (exact) mass is 540 g/mol. The van der Waals surface area contributed by atoms with Gasteiger partial charge in [-0.05, 0) is 70.8 Å². The second-order valence-electron chi connectivity index (χ2n) is 9.13. The topological polar surface area (TPSA) is 68.1 Å². The van der Waals surface area contributed by atoms with Gasteiger partial charge in [-0.25, -0.2) is 5.12 Å². The molecule has 0 aliphatic rings. The zero-order valence-electron chi connectivity index (χ0n) is 23.5. The summed E-state index contributed by atoms with van der Waals surface area (Å²) in [5, 5.41) is 13.4. The van der Waals surface area contributed by atoms with Crippen LogP contribution in [0.25, 0.3) is 0 Å². The van der Waals surface area contributed by atoms with E-state index in [1.54, 1.807) is 28.4 Å². The van der Waals surface area contributed by atoms with Gasteiger partial charge in [0.25, 0.3) is 0 Å². The van der Waals surface area contributed by atoms with Crippen molar-refractivity contribution in [2.24, 2.45) is 10.3 Å². The Bertz CT molecular complexity index is 1280. The molecule has 0 radical (unpaired) electrons. The number of hydrogen-bond donors (Lipinski definition) is 0. The van der Waals surface area contributed by atoms with Crippen molar-refractivity contribution < 1.29 is 18.9 Å². The number of ether oxygens (including phenoxy) is 4. The van der Waals surface area contributed by atoms with Crippen molar-refractivity contribution in [1.29, 1.82) is 0 Å². The summed E-state index contributed by atoms with van der Waals surface area (Å²) in [6.45, 7) is 2.21. The van der Waals surface area contributed by atoms with Crippen LogP contribution in [0, 0.1) is 0 Å². The maximum atomic E-state index is 5.36. The van der Waals surface area contributed by atoms with E-state index in [4.69, 9.17) is 24.2 Å². The minimum Gasteiger partial charge on any atom is -0.497 e. The fourth-order valence-corrected chi connectivity index (χ4v) is 4.10. The van der Waals surface area contributed by atoms with Crippen LogP contribution in [0.3, 0.4) is 0 Å². The molecule has 8 nitrogen and oxygen atoms in total. The molecule has 208 valence electrons. The van der Waals surface area contributed by atoms with Gasteiger partial charge in [-0.2, -0.15) is 10.1 Å². The van der Waals surface area contributed by atoms with Crippen LogP contribution in [-0.4, -0.2) is 38.6 Å².